The van der Waals surface area contributed by atoms with Crippen molar-refractivity contribution in [3.63, 3.8) is 0 Å². The van der Waals surface area contributed by atoms with Gasteiger partial charge in [-0.05, 0) is 54.7 Å². The Balaban J connectivity index is 1.47. The number of pyridine rings is 3. The first kappa shape index (κ1) is 20.9. The zero-order valence-corrected chi connectivity index (χ0v) is 18.2. The molecular weight excluding hydrogens is 390 g/mol. The predicted octanol–water partition coefficient (Wildman–Crippen LogP) is 2.84. The Morgan fingerprint density at radius 2 is 2.13 bits per heavy atom. The highest BCUT2D eigenvalue weighted by atomic mass is 16.1. The van der Waals surface area contributed by atoms with Crippen LogP contribution in [0.3, 0.4) is 0 Å². The maximum absolute atomic E-state index is 12.1. The molecular formula is C24H27N5O2. The third-order valence-electron chi connectivity index (χ3n) is 5.80. The van der Waals surface area contributed by atoms with Crippen LogP contribution in [0.2, 0.25) is 0 Å². The van der Waals surface area contributed by atoms with Crippen molar-refractivity contribution in [2.75, 3.05) is 20.1 Å². The van der Waals surface area contributed by atoms with E-state index in [1.807, 2.05) is 38.2 Å². The van der Waals surface area contributed by atoms with Crippen molar-refractivity contribution in [1.82, 2.24) is 25.2 Å². The lowest BCUT2D eigenvalue weighted by atomic mass is 9.97. The Morgan fingerprint density at radius 1 is 1.29 bits per heavy atom. The molecule has 2 N–H and O–H groups in total. The van der Waals surface area contributed by atoms with Gasteiger partial charge < -0.3 is 10.3 Å². The lowest BCUT2D eigenvalue weighted by Gasteiger charge is -2.27. The minimum atomic E-state index is -0.172. The molecule has 1 aliphatic heterocycles. The topological polar surface area (TPSA) is 91.0 Å². The van der Waals surface area contributed by atoms with E-state index in [1.165, 1.54) is 5.57 Å². The van der Waals surface area contributed by atoms with Gasteiger partial charge in [0.05, 0.1) is 11.0 Å². The van der Waals surface area contributed by atoms with E-state index in [-0.39, 0.29) is 11.5 Å². The summed E-state index contributed by atoms with van der Waals surface area (Å²) in [6.07, 6.45) is 5.74. The fourth-order valence-electron chi connectivity index (χ4n) is 4.03. The molecule has 0 radical (unpaired) electrons. The fourth-order valence-corrected chi connectivity index (χ4v) is 4.03. The maximum atomic E-state index is 12.1. The molecule has 0 bridgehead atoms. The highest BCUT2D eigenvalue weighted by molar-refractivity contribution is 5.92. The number of nitrogens with zero attached hydrogens (tertiary/aromatic N) is 3. The number of hydrogen-bond donors (Lipinski definition) is 2. The summed E-state index contributed by atoms with van der Waals surface area (Å²) in [5.74, 6) is -0.172. The first-order valence-electron chi connectivity index (χ1n) is 10.6. The molecule has 3 aromatic heterocycles. The summed E-state index contributed by atoms with van der Waals surface area (Å²) in [4.78, 5) is 38.2. The normalized spacial score (nSPS) is 14.5. The minimum absolute atomic E-state index is 0.0362. The van der Waals surface area contributed by atoms with Gasteiger partial charge in [0, 0.05) is 44.1 Å². The molecule has 4 rings (SSSR count). The van der Waals surface area contributed by atoms with Gasteiger partial charge in [-0.3, -0.25) is 19.5 Å². The van der Waals surface area contributed by atoms with Crippen molar-refractivity contribution in [2.24, 2.45) is 0 Å². The first-order valence-corrected chi connectivity index (χ1v) is 10.6. The van der Waals surface area contributed by atoms with Crippen molar-refractivity contribution in [2.45, 2.75) is 33.2 Å². The number of nitrogens with one attached hydrogen (secondary N) is 2. The minimum Gasteiger partial charge on any atom is -0.354 e. The van der Waals surface area contributed by atoms with E-state index in [2.05, 4.69) is 31.2 Å². The lowest BCUT2D eigenvalue weighted by molar-refractivity contribution is 0.0958. The number of carbonyl (C=O) groups excluding carboxylic acids is 1. The fraction of sp³-hybridized carbons (Fsp3) is 0.333. The molecule has 160 valence electrons. The molecule has 0 saturated carbocycles. The van der Waals surface area contributed by atoms with E-state index in [1.54, 1.807) is 13.1 Å². The Hall–Kier alpha value is -3.32. The second-order valence-corrected chi connectivity index (χ2v) is 7.88. The van der Waals surface area contributed by atoms with Crippen LogP contribution in [0.4, 0.5) is 0 Å². The van der Waals surface area contributed by atoms with E-state index < -0.39 is 0 Å². The summed E-state index contributed by atoms with van der Waals surface area (Å²) in [5.41, 5.74) is 7.08. The van der Waals surface area contributed by atoms with Gasteiger partial charge in [-0.25, -0.2) is 4.98 Å². The highest BCUT2D eigenvalue weighted by Crippen LogP contribution is 2.25. The Morgan fingerprint density at radius 3 is 2.81 bits per heavy atom. The summed E-state index contributed by atoms with van der Waals surface area (Å²) in [7, 11) is 1.61. The average molecular weight is 418 g/mol. The summed E-state index contributed by atoms with van der Waals surface area (Å²) in [6, 6.07) is 7.66. The Labute approximate surface area is 181 Å². The molecule has 4 heterocycles. The third-order valence-corrected chi connectivity index (χ3v) is 5.80. The van der Waals surface area contributed by atoms with Crippen LogP contribution < -0.4 is 10.9 Å². The molecule has 1 aliphatic rings. The van der Waals surface area contributed by atoms with Crippen LogP contribution in [-0.4, -0.2) is 45.9 Å². The van der Waals surface area contributed by atoms with Crippen LogP contribution in [0.25, 0.3) is 16.6 Å². The molecule has 3 aromatic rings. The van der Waals surface area contributed by atoms with E-state index in [9.17, 15) is 9.59 Å². The van der Waals surface area contributed by atoms with Crippen molar-refractivity contribution in [3.05, 3.63) is 75.0 Å². The monoisotopic (exact) mass is 417 g/mol. The third kappa shape index (κ3) is 4.41. The molecule has 0 fully saturated rings. The summed E-state index contributed by atoms with van der Waals surface area (Å²) >= 11 is 0. The highest BCUT2D eigenvalue weighted by Gasteiger charge is 2.17. The number of fused-ring (bicyclic) bond motifs is 1. The number of amides is 1. The number of carbonyl (C=O) groups is 1. The molecule has 1 amide bonds. The summed E-state index contributed by atoms with van der Waals surface area (Å²) in [6.45, 7) is 6.44. The zero-order valence-electron chi connectivity index (χ0n) is 18.2. The molecule has 0 atom stereocenters. The van der Waals surface area contributed by atoms with Gasteiger partial charge in [-0.15, -0.1) is 0 Å². The van der Waals surface area contributed by atoms with Crippen LogP contribution in [0.5, 0.6) is 0 Å². The van der Waals surface area contributed by atoms with Crippen LogP contribution >= 0.6 is 0 Å². The molecule has 7 nitrogen and oxygen atoms in total. The number of aryl methyl sites for hydroxylation is 2. The van der Waals surface area contributed by atoms with Gasteiger partial charge in [0.25, 0.3) is 11.5 Å². The molecule has 0 aliphatic carbocycles. The predicted molar refractivity (Wildman–Crippen MR) is 122 cm³/mol. The van der Waals surface area contributed by atoms with Gasteiger partial charge in [-0.1, -0.05) is 19.1 Å². The first-order chi connectivity index (χ1) is 15.0. The van der Waals surface area contributed by atoms with Gasteiger partial charge in [0.2, 0.25) is 0 Å². The van der Waals surface area contributed by atoms with Gasteiger partial charge in [0.15, 0.2) is 0 Å². The number of aromatic nitrogens is 3. The Bertz CT molecular complexity index is 1230. The molecule has 7 heteroatoms. The van der Waals surface area contributed by atoms with E-state index in [4.69, 9.17) is 0 Å². The number of aromatic amines is 1. The number of H-pyrrole nitrogens is 1. The van der Waals surface area contributed by atoms with Crippen LogP contribution in [0.1, 0.15) is 46.2 Å². The number of rotatable bonds is 5. The average Bonchev–Trinajstić information content (AvgIpc) is 2.78. The van der Waals surface area contributed by atoms with Gasteiger partial charge >= 0.3 is 0 Å². The van der Waals surface area contributed by atoms with Crippen LogP contribution in [0.15, 0.2) is 41.3 Å². The standard InChI is InChI=1S/C24H27N5O2/c1-4-17-12-21-22(28-23(17)30)11-16(13-26-21)14-29-9-7-18(8-10-29)19-5-6-20(24(31)25-3)27-15(19)2/h5-7,11-13H,4,8-10,14H2,1-3H3,(H,25,31)(H,28,30). The molecule has 0 saturated heterocycles. The van der Waals surface area contributed by atoms with Crippen molar-refractivity contribution >= 4 is 22.5 Å². The van der Waals surface area contributed by atoms with Crippen LogP contribution in [-0.2, 0) is 13.0 Å². The van der Waals surface area contributed by atoms with Crippen molar-refractivity contribution < 1.29 is 4.79 Å². The SMILES string of the molecule is CCc1cc2ncc(CN3CC=C(c4ccc(C(=O)NC)nc4C)CC3)cc2[nH]c1=O. The molecule has 31 heavy (non-hydrogen) atoms. The van der Waals surface area contributed by atoms with E-state index >= 15 is 0 Å². The van der Waals surface area contributed by atoms with Crippen molar-refractivity contribution in [1.29, 1.82) is 0 Å². The van der Waals surface area contributed by atoms with Crippen molar-refractivity contribution in [3.8, 4) is 0 Å². The lowest BCUT2D eigenvalue weighted by Crippen LogP contribution is -2.28. The van der Waals surface area contributed by atoms with E-state index in [0.29, 0.717) is 12.1 Å². The second kappa shape index (κ2) is 8.81. The maximum Gasteiger partial charge on any atom is 0.269 e. The Kier molecular flexibility index (Phi) is 5.95. The zero-order chi connectivity index (χ0) is 22.0. The second-order valence-electron chi connectivity index (χ2n) is 7.88. The molecule has 0 aromatic carbocycles. The van der Waals surface area contributed by atoms with Gasteiger partial charge in [0.1, 0.15) is 5.69 Å². The van der Waals surface area contributed by atoms with Gasteiger partial charge in [-0.2, -0.15) is 0 Å². The smallest absolute Gasteiger partial charge is 0.269 e. The van der Waals surface area contributed by atoms with Crippen LogP contribution in [0, 0.1) is 6.92 Å². The number of hydrogen-bond acceptors (Lipinski definition) is 5. The molecule has 0 unspecified atom stereocenters. The largest absolute Gasteiger partial charge is 0.354 e. The van der Waals surface area contributed by atoms with E-state index in [0.717, 1.165) is 59.5 Å². The molecule has 0 spiro atoms. The summed E-state index contributed by atoms with van der Waals surface area (Å²) in [5, 5.41) is 2.61. The quantitative estimate of drug-likeness (QED) is 0.666. The summed E-state index contributed by atoms with van der Waals surface area (Å²) < 4.78 is 0.